The minimum Gasteiger partial charge on any atom is -0.333 e. The van der Waals surface area contributed by atoms with Crippen LogP contribution in [0.2, 0.25) is 5.02 Å². The van der Waals surface area contributed by atoms with Crippen LogP contribution >= 0.6 is 23.2 Å². The Morgan fingerprint density at radius 3 is 2.69 bits per heavy atom. The van der Waals surface area contributed by atoms with E-state index >= 15 is 0 Å². The van der Waals surface area contributed by atoms with E-state index in [1.165, 1.54) is 19.0 Å². The van der Waals surface area contributed by atoms with Gasteiger partial charge in [-0.05, 0) is 74.2 Å². The summed E-state index contributed by atoms with van der Waals surface area (Å²) in [4.78, 5) is 23.6. The smallest absolute Gasteiger partial charge is 0.333 e. The van der Waals surface area contributed by atoms with Gasteiger partial charge in [-0.25, -0.2) is 9.16 Å². The van der Waals surface area contributed by atoms with Crippen molar-refractivity contribution < 1.29 is 4.79 Å². The van der Waals surface area contributed by atoms with Crippen molar-refractivity contribution in [1.29, 1.82) is 0 Å². The summed E-state index contributed by atoms with van der Waals surface area (Å²) in [6.07, 6.45) is 13.6. The Hall–Kier alpha value is -2.94. The van der Waals surface area contributed by atoms with E-state index in [9.17, 15) is 4.79 Å². The summed E-state index contributed by atoms with van der Waals surface area (Å²) >= 11 is 12.9. The fourth-order valence-electron chi connectivity index (χ4n) is 3.72. The molecule has 1 aromatic carbocycles. The van der Waals surface area contributed by atoms with Gasteiger partial charge >= 0.3 is 6.03 Å². The minimum absolute atomic E-state index is 0.0477. The number of carbonyl (C=O) groups is 1. The Kier molecular flexibility index (Phi) is 12.2. The topological polar surface area (TPSA) is 82.0 Å². The summed E-state index contributed by atoms with van der Waals surface area (Å²) < 4.78 is 4.81. The Labute approximate surface area is 244 Å². The SMILES string of the molecule is C=CN/C(=N\C(=O)N(CC/C=C(Cl)\C=C/C(C)C)c1cncc(C)c1)Nc1ccc(N=S2CCCC2)c(Cl)c1. The molecule has 0 radical (unpaired) electrons. The molecule has 0 unspecified atom stereocenters. The molecule has 0 aliphatic carbocycles. The Morgan fingerprint density at radius 1 is 1.26 bits per heavy atom. The van der Waals surface area contributed by atoms with Crippen molar-refractivity contribution in [2.45, 2.75) is 40.0 Å². The fraction of sp³-hybridized carbons (Fsp3) is 0.345. The van der Waals surface area contributed by atoms with Crippen LogP contribution in [0, 0.1) is 12.8 Å². The van der Waals surface area contributed by atoms with E-state index in [4.69, 9.17) is 27.6 Å². The molecule has 0 spiro atoms. The number of guanidine groups is 1. The lowest BCUT2D eigenvalue weighted by Gasteiger charge is -2.21. The second-order valence-electron chi connectivity index (χ2n) is 9.40. The Bertz CT molecular complexity index is 1280. The number of urea groups is 1. The lowest BCUT2D eigenvalue weighted by atomic mass is 10.2. The van der Waals surface area contributed by atoms with Crippen LogP contribution in [0.1, 0.15) is 38.7 Å². The molecule has 39 heavy (non-hydrogen) atoms. The van der Waals surface area contributed by atoms with Crippen LogP contribution in [0.4, 0.5) is 21.9 Å². The van der Waals surface area contributed by atoms with Gasteiger partial charge in [-0.1, -0.05) is 66.5 Å². The molecule has 1 aromatic heterocycles. The quantitative estimate of drug-likeness (QED) is 0.176. The van der Waals surface area contributed by atoms with Gasteiger partial charge in [-0.15, -0.1) is 0 Å². The molecule has 0 saturated carbocycles. The van der Waals surface area contributed by atoms with E-state index in [1.54, 1.807) is 23.4 Å². The van der Waals surface area contributed by atoms with Crippen molar-refractivity contribution >= 4 is 62.9 Å². The molecule has 0 bridgehead atoms. The predicted molar refractivity (Wildman–Crippen MR) is 169 cm³/mol. The number of aromatic nitrogens is 1. The highest BCUT2D eigenvalue weighted by Crippen LogP contribution is 2.30. The molecule has 208 valence electrons. The first-order chi connectivity index (χ1) is 18.7. The van der Waals surface area contributed by atoms with Gasteiger partial charge in [0.25, 0.3) is 0 Å². The average molecular weight is 588 g/mol. The largest absolute Gasteiger partial charge is 0.351 e. The van der Waals surface area contributed by atoms with E-state index in [2.05, 4.69) is 41.0 Å². The maximum absolute atomic E-state index is 13.4. The molecule has 2 heterocycles. The molecule has 1 fully saturated rings. The molecular formula is C29H36Cl2N6OS. The molecule has 1 saturated heterocycles. The van der Waals surface area contributed by atoms with Crippen LogP contribution in [0.3, 0.4) is 0 Å². The van der Waals surface area contributed by atoms with E-state index in [0.717, 1.165) is 22.8 Å². The number of halogens is 2. The fourth-order valence-corrected chi connectivity index (χ4v) is 6.07. The molecule has 2 amide bonds. The third-order valence-electron chi connectivity index (χ3n) is 5.63. The van der Waals surface area contributed by atoms with E-state index < -0.39 is 6.03 Å². The molecule has 2 aromatic rings. The second kappa shape index (κ2) is 15.6. The van der Waals surface area contributed by atoms with Crippen LogP contribution in [0.25, 0.3) is 0 Å². The lowest BCUT2D eigenvalue weighted by Crippen LogP contribution is -2.34. The molecule has 1 aliphatic rings. The molecular weight excluding hydrogens is 551 g/mol. The summed E-state index contributed by atoms with van der Waals surface area (Å²) in [5, 5.41) is 7.21. The lowest BCUT2D eigenvalue weighted by molar-refractivity contribution is 0.254. The number of hydrogen-bond donors (Lipinski definition) is 2. The molecule has 10 heteroatoms. The number of amides is 2. The Morgan fingerprint density at radius 2 is 2.03 bits per heavy atom. The van der Waals surface area contributed by atoms with Gasteiger partial charge in [0.15, 0.2) is 0 Å². The number of benzene rings is 1. The zero-order chi connectivity index (χ0) is 28.2. The van der Waals surface area contributed by atoms with Crippen molar-refractivity contribution in [3.63, 3.8) is 0 Å². The van der Waals surface area contributed by atoms with E-state index in [1.807, 2.05) is 43.4 Å². The molecule has 0 atom stereocenters. The highest BCUT2D eigenvalue weighted by Gasteiger charge is 2.17. The summed E-state index contributed by atoms with van der Waals surface area (Å²) in [7, 11) is 0.0477. The molecule has 2 N–H and O–H groups in total. The summed E-state index contributed by atoms with van der Waals surface area (Å²) in [6, 6.07) is 6.96. The summed E-state index contributed by atoms with van der Waals surface area (Å²) in [6.45, 7) is 10.2. The van der Waals surface area contributed by atoms with Crippen molar-refractivity contribution in [2.24, 2.45) is 15.3 Å². The van der Waals surface area contributed by atoms with Crippen LogP contribution in [0.5, 0.6) is 0 Å². The number of pyridine rings is 1. The van der Waals surface area contributed by atoms with Gasteiger partial charge in [-0.2, -0.15) is 4.99 Å². The molecule has 3 rings (SSSR count). The van der Waals surface area contributed by atoms with Crippen LogP contribution in [-0.2, 0) is 10.7 Å². The number of nitrogens with one attached hydrogen (secondary N) is 2. The number of allylic oxidation sites excluding steroid dienone is 3. The maximum atomic E-state index is 13.4. The normalized spacial score (nSPS) is 14.6. The standard InChI is InChI=1S/C29H36Cl2N6OS/c1-5-33-28(34-24-12-13-27(26(31)18-24)36-39-15-6-7-16-39)35-29(38)37(25-17-22(4)19-32-20-25)14-8-9-23(30)11-10-21(2)3/h5,9-13,17-21H,1,6-8,14-16H2,2-4H3,(H2,33,34,35,38)/b11-10-,23-9+. The zero-order valence-corrected chi connectivity index (χ0v) is 25.0. The van der Waals surface area contributed by atoms with Crippen molar-refractivity contribution in [3.05, 3.63) is 83.3 Å². The van der Waals surface area contributed by atoms with Crippen molar-refractivity contribution in [2.75, 3.05) is 28.3 Å². The first kappa shape index (κ1) is 30.6. The van der Waals surface area contributed by atoms with E-state index in [-0.39, 0.29) is 16.7 Å². The highest BCUT2D eigenvalue weighted by atomic mass is 35.5. The average Bonchev–Trinajstić information content (AvgIpc) is 3.40. The summed E-state index contributed by atoms with van der Waals surface area (Å²) in [5.41, 5.74) is 3.03. The monoisotopic (exact) mass is 586 g/mol. The first-order valence-electron chi connectivity index (χ1n) is 12.9. The van der Waals surface area contributed by atoms with Gasteiger partial charge in [0, 0.05) is 35.0 Å². The van der Waals surface area contributed by atoms with Crippen LogP contribution in [0.15, 0.2) is 82.1 Å². The second-order valence-corrected chi connectivity index (χ2v) is 12.2. The zero-order valence-electron chi connectivity index (χ0n) is 22.7. The van der Waals surface area contributed by atoms with Gasteiger partial charge in [0.05, 0.1) is 22.6 Å². The van der Waals surface area contributed by atoms with Gasteiger partial charge in [-0.3, -0.25) is 9.88 Å². The van der Waals surface area contributed by atoms with E-state index in [0.29, 0.717) is 40.3 Å². The Balaban J connectivity index is 1.80. The third kappa shape index (κ3) is 10.3. The van der Waals surface area contributed by atoms with Crippen molar-refractivity contribution in [1.82, 2.24) is 10.3 Å². The highest BCUT2D eigenvalue weighted by molar-refractivity contribution is 7.87. The van der Waals surface area contributed by atoms with Crippen molar-refractivity contribution in [3.8, 4) is 0 Å². The van der Waals surface area contributed by atoms with Gasteiger partial charge in [0.1, 0.15) is 0 Å². The van der Waals surface area contributed by atoms with Crippen LogP contribution in [-0.4, -0.2) is 35.0 Å². The third-order valence-corrected chi connectivity index (χ3v) is 8.19. The maximum Gasteiger partial charge on any atom is 0.351 e. The molecule has 7 nitrogen and oxygen atoms in total. The number of hydrogen-bond acceptors (Lipinski definition) is 3. The predicted octanol–water partition coefficient (Wildman–Crippen LogP) is 8.12. The van der Waals surface area contributed by atoms with Gasteiger partial charge in [0.2, 0.25) is 5.96 Å². The number of aryl methyl sites for hydroxylation is 1. The number of anilines is 2. The van der Waals surface area contributed by atoms with Crippen LogP contribution < -0.4 is 15.5 Å². The number of carbonyl (C=O) groups excluding carboxylic acids is 1. The number of rotatable bonds is 9. The first-order valence-corrected chi connectivity index (χ1v) is 15.2. The number of nitrogens with zero attached hydrogens (tertiary/aromatic N) is 4. The number of aliphatic imine (C=N–C) groups is 1. The minimum atomic E-state index is -0.471. The molecule has 1 aliphatic heterocycles. The summed E-state index contributed by atoms with van der Waals surface area (Å²) in [5.74, 6) is 2.87. The van der Waals surface area contributed by atoms with Gasteiger partial charge < -0.3 is 10.6 Å².